The van der Waals surface area contributed by atoms with Crippen molar-refractivity contribution in [2.75, 3.05) is 5.32 Å². The summed E-state index contributed by atoms with van der Waals surface area (Å²) in [6.07, 6.45) is 4.07. The van der Waals surface area contributed by atoms with Crippen molar-refractivity contribution in [3.05, 3.63) is 58.0 Å². The van der Waals surface area contributed by atoms with Crippen LogP contribution in [0.15, 0.2) is 30.5 Å². The first-order valence-electron chi connectivity index (χ1n) is 9.54. The van der Waals surface area contributed by atoms with E-state index in [1.165, 1.54) is 0 Å². The third-order valence-corrected chi connectivity index (χ3v) is 5.29. The molecule has 7 heteroatoms. The Bertz CT molecular complexity index is 989. The Labute approximate surface area is 170 Å². The van der Waals surface area contributed by atoms with Gasteiger partial charge in [0.15, 0.2) is 0 Å². The SMILES string of the molecule is CCCCn1nccc1NC(=O)Cc1c(C)nn(-c2ccc(C)c(Cl)c2)c1C. The Kier molecular flexibility index (Phi) is 6.19. The Balaban J connectivity index is 1.78. The molecule has 2 aromatic heterocycles. The smallest absolute Gasteiger partial charge is 0.230 e. The third-order valence-electron chi connectivity index (χ3n) is 4.89. The fraction of sp³-hybridized carbons (Fsp3) is 0.381. The number of aryl methyl sites for hydroxylation is 3. The second kappa shape index (κ2) is 8.61. The molecule has 0 radical (unpaired) electrons. The van der Waals surface area contributed by atoms with Gasteiger partial charge < -0.3 is 5.32 Å². The Morgan fingerprint density at radius 1 is 1.21 bits per heavy atom. The number of carbonyl (C=O) groups excluding carboxylic acids is 1. The molecule has 6 nitrogen and oxygen atoms in total. The molecule has 1 amide bonds. The van der Waals surface area contributed by atoms with Crippen LogP contribution in [0.5, 0.6) is 0 Å². The summed E-state index contributed by atoms with van der Waals surface area (Å²) in [6, 6.07) is 7.67. The molecule has 0 unspecified atom stereocenters. The van der Waals surface area contributed by atoms with Crippen LogP contribution in [0.3, 0.4) is 0 Å². The first-order chi connectivity index (χ1) is 13.4. The fourth-order valence-electron chi connectivity index (χ4n) is 3.17. The molecule has 148 valence electrons. The number of nitrogens with one attached hydrogen (secondary N) is 1. The number of anilines is 1. The lowest BCUT2D eigenvalue weighted by molar-refractivity contribution is -0.115. The van der Waals surface area contributed by atoms with Gasteiger partial charge in [0.2, 0.25) is 5.91 Å². The highest BCUT2D eigenvalue weighted by Crippen LogP contribution is 2.23. The number of carbonyl (C=O) groups is 1. The zero-order valence-electron chi connectivity index (χ0n) is 16.8. The molecule has 0 atom stereocenters. The lowest BCUT2D eigenvalue weighted by atomic mass is 10.1. The van der Waals surface area contributed by atoms with Crippen LogP contribution >= 0.6 is 11.6 Å². The van der Waals surface area contributed by atoms with Gasteiger partial charge in [-0.1, -0.05) is 31.0 Å². The third kappa shape index (κ3) is 4.28. The van der Waals surface area contributed by atoms with Gasteiger partial charge in [-0.05, 0) is 44.9 Å². The average Bonchev–Trinajstić information content (AvgIpc) is 3.21. The lowest BCUT2D eigenvalue weighted by Crippen LogP contribution is -2.18. The maximum absolute atomic E-state index is 12.6. The standard InChI is InChI=1S/C21H26ClN5O/c1-5-6-11-26-20(9-10-23-26)24-21(28)13-18-15(3)25-27(16(18)4)17-8-7-14(2)19(22)12-17/h7-10,12H,5-6,11,13H2,1-4H3,(H,24,28). The molecule has 2 heterocycles. The van der Waals surface area contributed by atoms with Crippen molar-refractivity contribution in [1.29, 1.82) is 0 Å². The summed E-state index contributed by atoms with van der Waals surface area (Å²) in [4.78, 5) is 12.6. The summed E-state index contributed by atoms with van der Waals surface area (Å²) in [7, 11) is 0. The van der Waals surface area contributed by atoms with E-state index in [0.29, 0.717) is 5.02 Å². The van der Waals surface area contributed by atoms with E-state index < -0.39 is 0 Å². The van der Waals surface area contributed by atoms with Gasteiger partial charge in [0.1, 0.15) is 5.82 Å². The van der Waals surface area contributed by atoms with Crippen LogP contribution in [0.2, 0.25) is 5.02 Å². The number of benzene rings is 1. The largest absolute Gasteiger partial charge is 0.311 e. The van der Waals surface area contributed by atoms with Gasteiger partial charge in [0, 0.05) is 28.9 Å². The van der Waals surface area contributed by atoms with Gasteiger partial charge in [-0.2, -0.15) is 10.2 Å². The van der Waals surface area contributed by atoms with Gasteiger partial charge in [-0.3, -0.25) is 4.79 Å². The topological polar surface area (TPSA) is 64.7 Å². The summed E-state index contributed by atoms with van der Waals surface area (Å²) in [6.45, 7) is 8.79. The van der Waals surface area contributed by atoms with Gasteiger partial charge in [0.25, 0.3) is 0 Å². The van der Waals surface area contributed by atoms with Crippen LogP contribution in [0.25, 0.3) is 5.69 Å². The molecule has 0 aliphatic heterocycles. The quantitative estimate of drug-likeness (QED) is 0.630. The van der Waals surface area contributed by atoms with Crippen LogP contribution in [0.4, 0.5) is 5.82 Å². The molecule has 28 heavy (non-hydrogen) atoms. The van der Waals surface area contributed by atoms with E-state index in [2.05, 4.69) is 22.4 Å². The van der Waals surface area contributed by atoms with Crippen LogP contribution < -0.4 is 5.32 Å². The predicted octanol–water partition coefficient (Wildman–Crippen LogP) is 4.63. The molecule has 0 spiro atoms. The van der Waals surface area contributed by atoms with E-state index in [-0.39, 0.29) is 12.3 Å². The number of unbranched alkanes of at least 4 members (excludes halogenated alkanes) is 1. The molecule has 3 rings (SSSR count). The average molecular weight is 400 g/mol. The maximum Gasteiger partial charge on any atom is 0.230 e. The summed E-state index contributed by atoms with van der Waals surface area (Å²) in [5.74, 6) is 0.650. The number of nitrogens with zero attached hydrogens (tertiary/aromatic N) is 4. The van der Waals surface area contributed by atoms with E-state index in [1.807, 2.05) is 54.4 Å². The monoisotopic (exact) mass is 399 g/mol. The van der Waals surface area contributed by atoms with Gasteiger partial charge in [-0.25, -0.2) is 9.36 Å². The van der Waals surface area contributed by atoms with Crippen LogP contribution in [-0.2, 0) is 17.8 Å². The summed E-state index contributed by atoms with van der Waals surface area (Å²) in [5.41, 5.74) is 4.61. The van der Waals surface area contributed by atoms with Crippen molar-refractivity contribution in [3.8, 4) is 5.69 Å². The first kappa shape index (κ1) is 20.1. The van der Waals surface area contributed by atoms with Gasteiger partial charge in [0.05, 0.1) is 24.0 Å². The minimum atomic E-state index is -0.0778. The van der Waals surface area contributed by atoms with Crippen molar-refractivity contribution in [1.82, 2.24) is 19.6 Å². The molecule has 1 aromatic carbocycles. The minimum Gasteiger partial charge on any atom is -0.311 e. The van der Waals surface area contributed by atoms with Crippen molar-refractivity contribution >= 4 is 23.3 Å². The number of aromatic nitrogens is 4. The van der Waals surface area contributed by atoms with Crippen molar-refractivity contribution in [3.63, 3.8) is 0 Å². The zero-order valence-corrected chi connectivity index (χ0v) is 17.5. The maximum atomic E-state index is 12.6. The van der Waals surface area contributed by atoms with Crippen molar-refractivity contribution in [2.45, 2.75) is 53.5 Å². The van der Waals surface area contributed by atoms with E-state index in [9.17, 15) is 4.79 Å². The predicted molar refractivity (Wildman–Crippen MR) is 112 cm³/mol. The van der Waals surface area contributed by atoms with E-state index >= 15 is 0 Å². The van der Waals surface area contributed by atoms with Crippen LogP contribution in [-0.4, -0.2) is 25.5 Å². The summed E-state index contributed by atoms with van der Waals surface area (Å²) in [5, 5.41) is 12.6. The van der Waals surface area contributed by atoms with Gasteiger partial charge in [-0.15, -0.1) is 0 Å². The zero-order chi connectivity index (χ0) is 20.3. The first-order valence-corrected chi connectivity index (χ1v) is 9.91. The highest BCUT2D eigenvalue weighted by atomic mass is 35.5. The fourth-order valence-corrected chi connectivity index (χ4v) is 3.34. The van der Waals surface area contributed by atoms with E-state index in [1.54, 1.807) is 6.20 Å². The number of hydrogen-bond acceptors (Lipinski definition) is 3. The second-order valence-electron chi connectivity index (χ2n) is 7.01. The molecular weight excluding hydrogens is 374 g/mol. The Hall–Kier alpha value is -2.60. The van der Waals surface area contributed by atoms with Crippen molar-refractivity contribution < 1.29 is 4.79 Å². The number of halogens is 1. The molecule has 0 aliphatic rings. The molecule has 0 aliphatic carbocycles. The van der Waals surface area contributed by atoms with E-state index in [0.717, 1.165) is 53.4 Å². The van der Waals surface area contributed by atoms with E-state index in [4.69, 9.17) is 11.6 Å². The normalized spacial score (nSPS) is 11.0. The highest BCUT2D eigenvalue weighted by molar-refractivity contribution is 6.31. The molecule has 3 aromatic rings. The summed E-state index contributed by atoms with van der Waals surface area (Å²) < 4.78 is 3.67. The molecule has 1 N–H and O–H groups in total. The molecule has 0 saturated heterocycles. The van der Waals surface area contributed by atoms with Gasteiger partial charge >= 0.3 is 0 Å². The lowest BCUT2D eigenvalue weighted by Gasteiger charge is -2.09. The Morgan fingerprint density at radius 3 is 2.71 bits per heavy atom. The number of rotatable bonds is 7. The van der Waals surface area contributed by atoms with Crippen LogP contribution in [0, 0.1) is 20.8 Å². The minimum absolute atomic E-state index is 0.0778. The number of hydrogen-bond donors (Lipinski definition) is 1. The molecule has 0 bridgehead atoms. The highest BCUT2D eigenvalue weighted by Gasteiger charge is 2.17. The molecular formula is C21H26ClN5O. The van der Waals surface area contributed by atoms with Crippen molar-refractivity contribution in [2.24, 2.45) is 0 Å². The van der Waals surface area contributed by atoms with Crippen LogP contribution in [0.1, 0.15) is 42.3 Å². The number of amides is 1. The Morgan fingerprint density at radius 2 is 2.00 bits per heavy atom. The summed E-state index contributed by atoms with van der Waals surface area (Å²) >= 11 is 6.26. The molecule has 0 saturated carbocycles. The molecule has 0 fully saturated rings. The second-order valence-corrected chi connectivity index (χ2v) is 7.42.